The van der Waals surface area contributed by atoms with Crippen molar-refractivity contribution in [3.63, 3.8) is 0 Å². The molecule has 3 amide bonds. The first-order valence-corrected chi connectivity index (χ1v) is 3.90. The van der Waals surface area contributed by atoms with Crippen LogP contribution in [0.5, 0.6) is 0 Å². The topological polar surface area (TPSA) is 67.4 Å². The van der Waals surface area contributed by atoms with E-state index in [-0.39, 0.29) is 5.91 Å². The molecule has 0 bridgehead atoms. The summed E-state index contributed by atoms with van der Waals surface area (Å²) in [5, 5.41) is 4.91. The number of carbonyl (C=O) groups is 2. The van der Waals surface area contributed by atoms with Crippen molar-refractivity contribution in [3.8, 4) is 0 Å². The molecule has 2 N–H and O–H groups in total. The molecule has 0 aromatic carbocycles. The van der Waals surface area contributed by atoms with Gasteiger partial charge in [0, 0.05) is 6.61 Å². The average molecular weight is 170 g/mol. The average Bonchev–Trinajstić information content (AvgIpc) is 2.33. The quantitative estimate of drug-likeness (QED) is 0.509. The van der Waals surface area contributed by atoms with Crippen molar-refractivity contribution in [1.82, 2.24) is 10.6 Å². The first kappa shape index (κ1) is 7.54. The van der Waals surface area contributed by atoms with Gasteiger partial charge in [-0.05, 0) is 6.42 Å². The van der Waals surface area contributed by atoms with Crippen LogP contribution in [-0.2, 0) is 9.53 Å². The lowest BCUT2D eigenvalue weighted by Crippen LogP contribution is -2.61. The Hall–Kier alpha value is -1.10. The molecule has 5 nitrogen and oxygen atoms in total. The minimum atomic E-state index is -0.417. The molecule has 2 aliphatic rings. The van der Waals surface area contributed by atoms with E-state index in [9.17, 15) is 9.59 Å². The summed E-state index contributed by atoms with van der Waals surface area (Å²) in [7, 11) is 0. The SMILES string of the molecule is O=C1CC2(CCOC2)NC(=O)N1. The van der Waals surface area contributed by atoms with E-state index in [2.05, 4.69) is 10.6 Å². The zero-order valence-electron chi connectivity index (χ0n) is 6.55. The molecule has 0 aliphatic carbocycles. The number of nitrogens with one attached hydrogen (secondary N) is 2. The minimum Gasteiger partial charge on any atom is -0.379 e. The van der Waals surface area contributed by atoms with E-state index in [1.54, 1.807) is 0 Å². The number of urea groups is 1. The molecule has 2 saturated heterocycles. The van der Waals surface area contributed by atoms with E-state index >= 15 is 0 Å². The number of hydrogen-bond acceptors (Lipinski definition) is 3. The second-order valence-electron chi connectivity index (χ2n) is 3.26. The van der Waals surface area contributed by atoms with Gasteiger partial charge in [-0.25, -0.2) is 4.79 Å². The molecule has 1 atom stereocenters. The smallest absolute Gasteiger partial charge is 0.321 e. The second kappa shape index (κ2) is 2.45. The van der Waals surface area contributed by atoms with Gasteiger partial charge in [-0.1, -0.05) is 0 Å². The van der Waals surface area contributed by atoms with Crippen LogP contribution in [0.2, 0.25) is 0 Å². The van der Waals surface area contributed by atoms with Gasteiger partial charge in [0.15, 0.2) is 0 Å². The van der Waals surface area contributed by atoms with Gasteiger partial charge in [-0.2, -0.15) is 0 Å². The number of amides is 3. The first-order valence-electron chi connectivity index (χ1n) is 3.90. The zero-order valence-corrected chi connectivity index (χ0v) is 6.55. The van der Waals surface area contributed by atoms with Gasteiger partial charge in [0.25, 0.3) is 0 Å². The Morgan fingerprint density at radius 2 is 2.25 bits per heavy atom. The molecule has 0 radical (unpaired) electrons. The molecule has 2 rings (SSSR count). The summed E-state index contributed by atoms with van der Waals surface area (Å²) in [6, 6.07) is -0.406. The van der Waals surface area contributed by atoms with E-state index < -0.39 is 11.6 Å². The summed E-state index contributed by atoms with van der Waals surface area (Å²) < 4.78 is 5.14. The Labute approximate surface area is 69.5 Å². The third-order valence-corrected chi connectivity index (χ3v) is 2.23. The summed E-state index contributed by atoms with van der Waals surface area (Å²) in [5.74, 6) is -0.218. The number of rotatable bonds is 0. The highest BCUT2D eigenvalue weighted by Crippen LogP contribution is 2.24. The fourth-order valence-corrected chi connectivity index (χ4v) is 1.64. The fraction of sp³-hybridized carbons (Fsp3) is 0.714. The minimum absolute atomic E-state index is 0.218. The predicted octanol–water partition coefficient (Wildman–Crippen LogP) is -0.625. The molecule has 2 fully saturated rings. The van der Waals surface area contributed by atoms with Crippen molar-refractivity contribution in [2.24, 2.45) is 0 Å². The third-order valence-electron chi connectivity index (χ3n) is 2.23. The molecule has 2 heterocycles. The molecule has 66 valence electrons. The van der Waals surface area contributed by atoms with Crippen LogP contribution >= 0.6 is 0 Å². The summed E-state index contributed by atoms with van der Waals surface area (Å²) in [6.07, 6.45) is 1.06. The zero-order chi connectivity index (χ0) is 8.60. The Morgan fingerprint density at radius 3 is 2.83 bits per heavy atom. The molecule has 2 aliphatic heterocycles. The van der Waals surface area contributed by atoms with Crippen molar-refractivity contribution < 1.29 is 14.3 Å². The normalized spacial score (nSPS) is 35.0. The van der Waals surface area contributed by atoms with Crippen LogP contribution in [0.25, 0.3) is 0 Å². The molecule has 1 unspecified atom stereocenters. The Balaban J connectivity index is 2.14. The number of imide groups is 1. The van der Waals surface area contributed by atoms with Crippen molar-refractivity contribution in [2.75, 3.05) is 13.2 Å². The summed E-state index contributed by atoms with van der Waals surface area (Å²) in [6.45, 7) is 1.07. The van der Waals surface area contributed by atoms with E-state index in [4.69, 9.17) is 4.74 Å². The van der Waals surface area contributed by atoms with Crippen molar-refractivity contribution in [2.45, 2.75) is 18.4 Å². The lowest BCUT2D eigenvalue weighted by molar-refractivity contribution is -0.122. The highest BCUT2D eigenvalue weighted by atomic mass is 16.5. The van der Waals surface area contributed by atoms with Gasteiger partial charge < -0.3 is 10.1 Å². The largest absolute Gasteiger partial charge is 0.379 e. The molecule has 0 aromatic rings. The number of ether oxygens (including phenoxy) is 1. The predicted molar refractivity (Wildman–Crippen MR) is 39.5 cm³/mol. The van der Waals surface area contributed by atoms with Gasteiger partial charge >= 0.3 is 6.03 Å². The maximum absolute atomic E-state index is 11.0. The van der Waals surface area contributed by atoms with E-state index in [0.29, 0.717) is 19.6 Å². The summed E-state index contributed by atoms with van der Waals surface area (Å²) in [4.78, 5) is 21.9. The summed E-state index contributed by atoms with van der Waals surface area (Å²) in [5.41, 5.74) is -0.417. The molecule has 12 heavy (non-hydrogen) atoms. The standard InChI is InChI=1S/C7H10N2O3/c10-5-3-7(1-2-12-4-7)9-6(11)8-5/h1-4H2,(H2,8,9,10,11). The number of hydrogen-bond donors (Lipinski definition) is 2. The van der Waals surface area contributed by atoms with E-state index in [1.165, 1.54) is 0 Å². The van der Waals surface area contributed by atoms with Crippen molar-refractivity contribution in [3.05, 3.63) is 0 Å². The van der Waals surface area contributed by atoms with Crippen LogP contribution in [0.1, 0.15) is 12.8 Å². The van der Waals surface area contributed by atoms with Crippen LogP contribution in [-0.4, -0.2) is 30.7 Å². The third kappa shape index (κ3) is 1.16. The highest BCUT2D eigenvalue weighted by Gasteiger charge is 2.41. The lowest BCUT2D eigenvalue weighted by Gasteiger charge is -2.31. The van der Waals surface area contributed by atoms with Crippen LogP contribution in [0.4, 0.5) is 4.79 Å². The first-order chi connectivity index (χ1) is 5.70. The molecule has 1 spiro atoms. The van der Waals surface area contributed by atoms with Crippen LogP contribution in [0.3, 0.4) is 0 Å². The number of carbonyl (C=O) groups excluding carboxylic acids is 2. The van der Waals surface area contributed by atoms with Gasteiger partial charge in [0.1, 0.15) is 0 Å². The van der Waals surface area contributed by atoms with Gasteiger partial charge in [0.05, 0.1) is 18.6 Å². The van der Waals surface area contributed by atoms with Crippen LogP contribution in [0, 0.1) is 0 Å². The molecular formula is C7H10N2O3. The monoisotopic (exact) mass is 170 g/mol. The second-order valence-corrected chi connectivity index (χ2v) is 3.26. The highest BCUT2D eigenvalue weighted by molar-refractivity contribution is 5.97. The van der Waals surface area contributed by atoms with Gasteiger partial charge in [-0.15, -0.1) is 0 Å². The molecule has 0 aromatic heterocycles. The van der Waals surface area contributed by atoms with Crippen molar-refractivity contribution in [1.29, 1.82) is 0 Å². The molecular weight excluding hydrogens is 160 g/mol. The van der Waals surface area contributed by atoms with E-state index in [1.807, 2.05) is 0 Å². The van der Waals surface area contributed by atoms with Crippen molar-refractivity contribution >= 4 is 11.9 Å². The Kier molecular flexibility index (Phi) is 1.54. The Bertz CT molecular complexity index is 215. The van der Waals surface area contributed by atoms with Gasteiger partial charge in [-0.3, -0.25) is 10.1 Å². The maximum atomic E-state index is 11.0. The lowest BCUT2D eigenvalue weighted by atomic mass is 9.92. The van der Waals surface area contributed by atoms with Crippen LogP contribution in [0.15, 0.2) is 0 Å². The van der Waals surface area contributed by atoms with Gasteiger partial charge in [0.2, 0.25) is 5.91 Å². The Morgan fingerprint density at radius 1 is 1.42 bits per heavy atom. The molecule has 0 saturated carbocycles. The molecule has 5 heteroatoms. The maximum Gasteiger partial charge on any atom is 0.321 e. The fourth-order valence-electron chi connectivity index (χ4n) is 1.64. The van der Waals surface area contributed by atoms with E-state index in [0.717, 1.165) is 6.42 Å². The summed E-state index contributed by atoms with van der Waals surface area (Å²) >= 11 is 0. The van der Waals surface area contributed by atoms with Crippen LogP contribution < -0.4 is 10.6 Å².